The van der Waals surface area contributed by atoms with Gasteiger partial charge in [0.25, 0.3) is 11.6 Å². The quantitative estimate of drug-likeness (QED) is 0.532. The van der Waals surface area contributed by atoms with Crippen LogP contribution in [0.5, 0.6) is 0 Å². The van der Waals surface area contributed by atoms with Gasteiger partial charge >= 0.3 is 5.97 Å². The number of aliphatic hydroxyl groups is 1. The highest BCUT2D eigenvalue weighted by Gasteiger charge is 2.21. The van der Waals surface area contributed by atoms with E-state index in [9.17, 15) is 19.7 Å². The second kappa shape index (κ2) is 6.12. The number of nitrogens with one attached hydrogen (secondary N) is 1. The topological polar surface area (TPSA) is 130 Å². The molecule has 19 heavy (non-hydrogen) atoms. The van der Waals surface area contributed by atoms with Crippen LogP contribution in [0.15, 0.2) is 18.2 Å². The predicted octanol–water partition coefficient (Wildman–Crippen LogP) is 0.423. The van der Waals surface area contributed by atoms with Gasteiger partial charge in [0.2, 0.25) is 0 Å². The third-order valence-corrected chi connectivity index (χ3v) is 2.36. The van der Waals surface area contributed by atoms with Crippen LogP contribution in [0.2, 0.25) is 5.02 Å². The van der Waals surface area contributed by atoms with Crippen LogP contribution in [0.1, 0.15) is 10.4 Å². The van der Waals surface area contributed by atoms with E-state index >= 15 is 0 Å². The van der Waals surface area contributed by atoms with Crippen LogP contribution in [0.3, 0.4) is 0 Å². The summed E-state index contributed by atoms with van der Waals surface area (Å²) in [6.07, 6.45) is 0. The molecule has 0 aromatic heterocycles. The van der Waals surface area contributed by atoms with Gasteiger partial charge in [-0.15, -0.1) is 0 Å². The van der Waals surface area contributed by atoms with E-state index in [-0.39, 0.29) is 10.6 Å². The predicted molar refractivity (Wildman–Crippen MR) is 64.1 cm³/mol. The first-order chi connectivity index (χ1) is 8.85. The summed E-state index contributed by atoms with van der Waals surface area (Å²) >= 11 is 5.62. The molecule has 1 atom stereocenters. The van der Waals surface area contributed by atoms with Crippen molar-refractivity contribution in [1.82, 2.24) is 5.32 Å². The SMILES string of the molecule is O=C(N[C@H](CO)C(=O)O)c1cc(Cl)cc([N+](=O)[O-])c1. The van der Waals surface area contributed by atoms with E-state index in [0.717, 1.165) is 18.2 Å². The van der Waals surface area contributed by atoms with Crippen molar-refractivity contribution in [1.29, 1.82) is 0 Å². The van der Waals surface area contributed by atoms with Crippen LogP contribution in [0, 0.1) is 10.1 Å². The number of non-ortho nitro benzene ring substituents is 1. The molecule has 8 nitrogen and oxygen atoms in total. The van der Waals surface area contributed by atoms with E-state index in [1.807, 2.05) is 5.32 Å². The van der Waals surface area contributed by atoms with E-state index in [0.29, 0.717) is 0 Å². The number of carbonyl (C=O) groups excluding carboxylic acids is 1. The second-order valence-corrected chi connectivity index (χ2v) is 3.94. The number of carbonyl (C=O) groups is 2. The first kappa shape index (κ1) is 14.9. The minimum absolute atomic E-state index is 0.0322. The number of rotatable bonds is 5. The van der Waals surface area contributed by atoms with Gasteiger partial charge in [-0.25, -0.2) is 4.79 Å². The molecule has 0 fully saturated rings. The number of carboxylic acids is 1. The molecule has 1 amide bonds. The highest BCUT2D eigenvalue weighted by Crippen LogP contribution is 2.20. The number of carboxylic acid groups (broad SMARTS) is 1. The Kier molecular flexibility index (Phi) is 4.79. The van der Waals surface area contributed by atoms with Gasteiger partial charge in [0.1, 0.15) is 0 Å². The molecule has 0 spiro atoms. The highest BCUT2D eigenvalue weighted by molar-refractivity contribution is 6.31. The van der Waals surface area contributed by atoms with E-state index in [1.54, 1.807) is 0 Å². The minimum atomic E-state index is -1.49. The number of hydrogen-bond donors (Lipinski definition) is 3. The lowest BCUT2D eigenvalue weighted by molar-refractivity contribution is -0.384. The maximum atomic E-state index is 11.7. The molecule has 9 heteroatoms. The van der Waals surface area contributed by atoms with Gasteiger partial charge < -0.3 is 15.5 Å². The van der Waals surface area contributed by atoms with Gasteiger partial charge in [-0.1, -0.05) is 11.6 Å². The molecule has 0 saturated heterocycles. The van der Waals surface area contributed by atoms with Crippen molar-refractivity contribution < 1.29 is 24.7 Å². The number of nitro groups is 1. The van der Waals surface area contributed by atoms with Gasteiger partial charge in [-0.2, -0.15) is 0 Å². The zero-order valence-electron chi connectivity index (χ0n) is 9.37. The van der Waals surface area contributed by atoms with Crippen LogP contribution in [0.4, 0.5) is 5.69 Å². The summed E-state index contributed by atoms with van der Waals surface area (Å²) < 4.78 is 0. The second-order valence-electron chi connectivity index (χ2n) is 3.50. The van der Waals surface area contributed by atoms with E-state index in [1.165, 1.54) is 0 Å². The maximum Gasteiger partial charge on any atom is 0.328 e. The molecular weight excluding hydrogens is 280 g/mol. The number of aliphatic carboxylic acids is 1. The van der Waals surface area contributed by atoms with Gasteiger partial charge in [0.15, 0.2) is 6.04 Å². The van der Waals surface area contributed by atoms with Crippen molar-refractivity contribution in [2.75, 3.05) is 6.61 Å². The lowest BCUT2D eigenvalue weighted by Gasteiger charge is -2.11. The summed E-state index contributed by atoms with van der Waals surface area (Å²) in [6.45, 7) is -0.802. The van der Waals surface area contributed by atoms with Gasteiger partial charge in [-0.3, -0.25) is 14.9 Å². The van der Waals surface area contributed by atoms with Crippen LogP contribution in [-0.4, -0.2) is 39.7 Å². The fraction of sp³-hybridized carbons (Fsp3) is 0.200. The van der Waals surface area contributed by atoms with Crippen molar-refractivity contribution in [2.24, 2.45) is 0 Å². The lowest BCUT2D eigenvalue weighted by Crippen LogP contribution is -2.43. The summed E-state index contributed by atoms with van der Waals surface area (Å²) in [6, 6.07) is 1.67. The van der Waals surface area contributed by atoms with Crippen LogP contribution < -0.4 is 5.32 Å². The van der Waals surface area contributed by atoms with Crippen molar-refractivity contribution in [2.45, 2.75) is 6.04 Å². The maximum absolute atomic E-state index is 11.7. The molecule has 0 saturated carbocycles. The summed E-state index contributed by atoms with van der Waals surface area (Å²) in [5, 5.41) is 30.0. The molecule has 1 aromatic rings. The Morgan fingerprint density at radius 3 is 2.53 bits per heavy atom. The number of aliphatic hydroxyl groups excluding tert-OH is 1. The average Bonchev–Trinajstić information content (AvgIpc) is 2.34. The zero-order chi connectivity index (χ0) is 14.6. The first-order valence-corrected chi connectivity index (χ1v) is 5.32. The molecule has 0 aliphatic heterocycles. The third kappa shape index (κ3) is 3.90. The largest absolute Gasteiger partial charge is 0.480 e. The molecule has 0 aliphatic carbocycles. The molecule has 0 radical (unpaired) electrons. The van der Waals surface area contributed by atoms with E-state index in [2.05, 4.69) is 0 Å². The van der Waals surface area contributed by atoms with Crippen molar-refractivity contribution in [3.63, 3.8) is 0 Å². The normalized spacial score (nSPS) is 11.7. The molecular formula is C10H9ClN2O6. The molecule has 0 bridgehead atoms. The lowest BCUT2D eigenvalue weighted by atomic mass is 10.1. The van der Waals surface area contributed by atoms with Crippen LogP contribution >= 0.6 is 11.6 Å². The van der Waals surface area contributed by atoms with E-state index < -0.39 is 35.1 Å². The summed E-state index contributed by atoms with van der Waals surface area (Å²) in [5.41, 5.74) is -0.563. The molecule has 0 unspecified atom stereocenters. The number of halogens is 1. The Morgan fingerprint density at radius 1 is 1.42 bits per heavy atom. The Balaban J connectivity index is 2.99. The fourth-order valence-corrected chi connectivity index (χ4v) is 1.47. The first-order valence-electron chi connectivity index (χ1n) is 4.94. The van der Waals surface area contributed by atoms with Crippen molar-refractivity contribution in [3.8, 4) is 0 Å². The Morgan fingerprint density at radius 2 is 2.05 bits per heavy atom. The smallest absolute Gasteiger partial charge is 0.328 e. The van der Waals surface area contributed by atoms with Crippen molar-refractivity contribution >= 4 is 29.2 Å². The molecule has 0 heterocycles. The number of hydrogen-bond acceptors (Lipinski definition) is 5. The van der Waals surface area contributed by atoms with E-state index in [4.69, 9.17) is 21.8 Å². The molecule has 1 rings (SSSR count). The fourth-order valence-electron chi connectivity index (χ4n) is 1.24. The monoisotopic (exact) mass is 288 g/mol. The molecule has 1 aromatic carbocycles. The van der Waals surface area contributed by atoms with Crippen LogP contribution in [-0.2, 0) is 4.79 Å². The standard InChI is InChI=1S/C10H9ClN2O6/c11-6-1-5(2-7(3-6)13(18)19)9(15)12-8(4-14)10(16)17/h1-3,8,14H,4H2,(H,12,15)(H,16,17)/t8-/m1/s1. The Bertz CT molecular complexity index is 533. The molecule has 3 N–H and O–H groups in total. The minimum Gasteiger partial charge on any atom is -0.480 e. The molecule has 0 aliphatic rings. The number of nitro benzene ring substituents is 1. The highest BCUT2D eigenvalue weighted by atomic mass is 35.5. The summed E-state index contributed by atoms with van der Waals surface area (Å²) in [5.74, 6) is -2.31. The summed E-state index contributed by atoms with van der Waals surface area (Å²) in [7, 11) is 0. The number of benzene rings is 1. The Hall–Kier alpha value is -2.19. The van der Waals surface area contributed by atoms with Crippen LogP contribution in [0.25, 0.3) is 0 Å². The Labute approximate surface area is 111 Å². The van der Waals surface area contributed by atoms with Gasteiger partial charge in [0, 0.05) is 22.7 Å². The molecule has 102 valence electrons. The zero-order valence-corrected chi connectivity index (χ0v) is 10.1. The van der Waals surface area contributed by atoms with Gasteiger partial charge in [-0.05, 0) is 6.07 Å². The van der Waals surface area contributed by atoms with Gasteiger partial charge in [0.05, 0.1) is 11.5 Å². The summed E-state index contributed by atoms with van der Waals surface area (Å²) in [4.78, 5) is 32.2. The number of amides is 1. The average molecular weight is 289 g/mol. The third-order valence-electron chi connectivity index (χ3n) is 2.14. The number of nitrogens with zero attached hydrogens (tertiary/aromatic N) is 1. The van der Waals surface area contributed by atoms with Crippen molar-refractivity contribution in [3.05, 3.63) is 38.9 Å².